The van der Waals surface area contributed by atoms with Crippen molar-refractivity contribution in [1.29, 1.82) is 0 Å². The molecule has 1 saturated carbocycles. The summed E-state index contributed by atoms with van der Waals surface area (Å²) in [6.45, 7) is 0. The summed E-state index contributed by atoms with van der Waals surface area (Å²) < 4.78 is 1.09. The van der Waals surface area contributed by atoms with Gasteiger partial charge in [-0.15, -0.1) is 11.3 Å². The van der Waals surface area contributed by atoms with E-state index in [1.54, 1.807) is 23.6 Å². The number of carbonyl (C=O) groups is 1. The Balaban J connectivity index is 1.44. The Labute approximate surface area is 190 Å². The van der Waals surface area contributed by atoms with E-state index in [1.165, 1.54) is 0 Å². The third-order valence-corrected chi connectivity index (χ3v) is 7.02. The molecule has 2 atom stereocenters. The number of nitrogens with two attached hydrogens (primary N) is 1. The molecule has 4 N–H and O–H groups in total. The van der Waals surface area contributed by atoms with E-state index in [-0.39, 0.29) is 11.9 Å². The molecule has 32 heavy (non-hydrogen) atoms. The molecule has 2 aromatic heterocycles. The van der Waals surface area contributed by atoms with Crippen LogP contribution in [0.1, 0.15) is 36.0 Å². The lowest BCUT2D eigenvalue weighted by Gasteiger charge is -2.28. The van der Waals surface area contributed by atoms with E-state index in [2.05, 4.69) is 10.3 Å². The van der Waals surface area contributed by atoms with E-state index in [1.807, 2.05) is 48.5 Å². The van der Waals surface area contributed by atoms with E-state index >= 15 is 0 Å². The molecule has 0 bridgehead atoms. The van der Waals surface area contributed by atoms with Crippen LogP contribution >= 0.6 is 11.3 Å². The first-order valence-corrected chi connectivity index (χ1v) is 11.6. The molecule has 0 spiro atoms. The number of hydrogen-bond donors (Lipinski definition) is 3. The molecular weight excluding hydrogens is 420 g/mol. The quantitative estimate of drug-likeness (QED) is 0.426. The highest BCUT2D eigenvalue weighted by molar-refractivity contribution is 7.21. The second-order valence-corrected chi connectivity index (χ2v) is 9.19. The molecule has 7 heteroatoms. The van der Waals surface area contributed by atoms with Crippen LogP contribution in [0, 0.1) is 0 Å². The summed E-state index contributed by atoms with van der Waals surface area (Å²) in [5, 5.41) is 14.0. The second kappa shape index (κ2) is 8.68. The first-order valence-electron chi connectivity index (χ1n) is 10.8. The molecule has 2 aromatic carbocycles. The van der Waals surface area contributed by atoms with Crippen LogP contribution in [0.25, 0.3) is 31.9 Å². The van der Waals surface area contributed by atoms with Gasteiger partial charge < -0.3 is 16.2 Å². The molecule has 0 aliphatic heterocycles. The second-order valence-electron chi connectivity index (χ2n) is 8.16. The summed E-state index contributed by atoms with van der Waals surface area (Å²) >= 11 is 1.58. The summed E-state index contributed by atoms with van der Waals surface area (Å²) in [5.74, 6) is 0.251. The number of carbonyl (C=O) groups excluding carboxylic acids is 1. The number of rotatable bonds is 4. The number of benzene rings is 2. The van der Waals surface area contributed by atoms with Crippen LogP contribution in [0.4, 0.5) is 5.82 Å². The Bertz CT molecular complexity index is 1250. The third-order valence-electron chi connectivity index (χ3n) is 5.95. The molecule has 1 aliphatic rings. The molecule has 162 valence electrons. The van der Waals surface area contributed by atoms with Crippen molar-refractivity contribution >= 4 is 33.3 Å². The maximum absolute atomic E-state index is 12.8. The van der Waals surface area contributed by atoms with Gasteiger partial charge in [0.1, 0.15) is 10.8 Å². The van der Waals surface area contributed by atoms with Gasteiger partial charge in [-0.3, -0.25) is 4.79 Å². The van der Waals surface area contributed by atoms with Crippen LogP contribution < -0.4 is 11.1 Å². The van der Waals surface area contributed by atoms with Gasteiger partial charge in [0.2, 0.25) is 0 Å². The average molecular weight is 445 g/mol. The number of nitrogen functional groups attached to an aromatic ring is 1. The van der Waals surface area contributed by atoms with Crippen molar-refractivity contribution < 1.29 is 9.90 Å². The highest BCUT2D eigenvalue weighted by Gasteiger charge is 2.25. The topological polar surface area (TPSA) is 101 Å². The van der Waals surface area contributed by atoms with E-state index in [0.717, 1.165) is 57.6 Å². The van der Waals surface area contributed by atoms with Gasteiger partial charge in [-0.05, 0) is 48.7 Å². The fraction of sp³-hybridized carbons (Fsp3) is 0.240. The monoisotopic (exact) mass is 444 g/mol. The lowest BCUT2D eigenvalue weighted by molar-refractivity contribution is 0.0717. The smallest absolute Gasteiger partial charge is 0.251 e. The number of fused-ring (bicyclic) bond motifs is 1. The van der Waals surface area contributed by atoms with Crippen LogP contribution in [0.3, 0.4) is 0 Å². The van der Waals surface area contributed by atoms with Crippen LogP contribution in [-0.4, -0.2) is 33.1 Å². The molecule has 5 rings (SSSR count). The third kappa shape index (κ3) is 4.09. The van der Waals surface area contributed by atoms with Gasteiger partial charge in [0, 0.05) is 17.3 Å². The fourth-order valence-electron chi connectivity index (χ4n) is 4.16. The maximum Gasteiger partial charge on any atom is 0.251 e. The Kier molecular flexibility index (Phi) is 5.59. The minimum Gasteiger partial charge on any atom is -0.391 e. The Morgan fingerprint density at radius 3 is 2.75 bits per heavy atom. The van der Waals surface area contributed by atoms with Gasteiger partial charge in [-0.2, -0.15) is 0 Å². The number of aliphatic hydroxyl groups excluding tert-OH is 1. The predicted octanol–water partition coefficient (Wildman–Crippen LogP) is 4.64. The molecule has 2 heterocycles. The van der Waals surface area contributed by atoms with Crippen molar-refractivity contribution in [2.24, 2.45) is 0 Å². The first kappa shape index (κ1) is 20.6. The number of nitrogens with one attached hydrogen (secondary N) is 1. The van der Waals surface area contributed by atoms with Crippen LogP contribution in [0.2, 0.25) is 0 Å². The zero-order valence-corrected chi connectivity index (χ0v) is 18.3. The van der Waals surface area contributed by atoms with Crippen molar-refractivity contribution in [1.82, 2.24) is 15.3 Å². The van der Waals surface area contributed by atoms with Crippen molar-refractivity contribution in [3.05, 3.63) is 66.4 Å². The minimum absolute atomic E-state index is 0.174. The lowest BCUT2D eigenvalue weighted by Crippen LogP contribution is -2.45. The van der Waals surface area contributed by atoms with Gasteiger partial charge in [-0.1, -0.05) is 37.1 Å². The lowest BCUT2D eigenvalue weighted by atomic mass is 9.92. The van der Waals surface area contributed by atoms with Gasteiger partial charge in [-0.25, -0.2) is 9.97 Å². The number of thiazole rings is 1. The maximum atomic E-state index is 12.8. The SMILES string of the molecule is Nc1ncc(-c2cccc(C(=O)NC3CCCCC3O)c2)cc1-c1nc2ccccc2s1. The summed E-state index contributed by atoms with van der Waals surface area (Å²) in [6, 6.07) is 17.2. The molecule has 4 aromatic rings. The van der Waals surface area contributed by atoms with Gasteiger partial charge in [0.15, 0.2) is 0 Å². The van der Waals surface area contributed by atoms with Crippen molar-refractivity contribution in [3.63, 3.8) is 0 Å². The average Bonchev–Trinajstić information content (AvgIpc) is 3.25. The number of pyridine rings is 1. The van der Waals surface area contributed by atoms with E-state index < -0.39 is 6.10 Å². The molecule has 1 amide bonds. The number of anilines is 1. The van der Waals surface area contributed by atoms with Crippen LogP contribution in [0.5, 0.6) is 0 Å². The number of hydrogen-bond acceptors (Lipinski definition) is 6. The Morgan fingerprint density at radius 2 is 1.91 bits per heavy atom. The summed E-state index contributed by atoms with van der Waals surface area (Å²) in [5.41, 5.74) is 10.2. The molecular formula is C25H24N4O2S. The van der Waals surface area contributed by atoms with Crippen molar-refractivity contribution in [2.45, 2.75) is 37.8 Å². The molecule has 0 radical (unpaired) electrons. The molecule has 1 aliphatic carbocycles. The number of nitrogens with zero attached hydrogens (tertiary/aromatic N) is 2. The largest absolute Gasteiger partial charge is 0.391 e. The zero-order valence-electron chi connectivity index (χ0n) is 17.5. The predicted molar refractivity (Wildman–Crippen MR) is 128 cm³/mol. The Hall–Kier alpha value is -3.29. The highest BCUT2D eigenvalue weighted by atomic mass is 32.1. The Morgan fingerprint density at radius 1 is 1.06 bits per heavy atom. The normalized spacial score (nSPS) is 18.5. The van der Waals surface area contributed by atoms with Crippen molar-refractivity contribution in [3.8, 4) is 21.7 Å². The molecule has 0 saturated heterocycles. The summed E-state index contributed by atoms with van der Waals surface area (Å²) in [4.78, 5) is 21.9. The standard InChI is InChI=1S/C25H24N4O2S/c26-23-18(25-29-20-9-2-4-11-22(20)32-25)13-17(14-27-23)15-6-5-7-16(12-15)24(31)28-19-8-1-3-10-21(19)30/h2,4-7,9,11-14,19,21,30H,1,3,8,10H2,(H2,26,27)(H,28,31). The van der Waals surface area contributed by atoms with Crippen LogP contribution in [0.15, 0.2) is 60.8 Å². The van der Waals surface area contributed by atoms with Gasteiger partial charge in [0.05, 0.1) is 27.9 Å². The van der Waals surface area contributed by atoms with E-state index in [0.29, 0.717) is 11.4 Å². The minimum atomic E-state index is -0.478. The van der Waals surface area contributed by atoms with Gasteiger partial charge in [0.25, 0.3) is 5.91 Å². The zero-order chi connectivity index (χ0) is 22.1. The van der Waals surface area contributed by atoms with E-state index in [9.17, 15) is 9.90 Å². The van der Waals surface area contributed by atoms with Crippen molar-refractivity contribution in [2.75, 3.05) is 5.73 Å². The summed E-state index contributed by atoms with van der Waals surface area (Å²) in [7, 11) is 0. The van der Waals surface area contributed by atoms with E-state index in [4.69, 9.17) is 10.7 Å². The molecule has 2 unspecified atom stereocenters. The summed E-state index contributed by atoms with van der Waals surface area (Å²) in [6.07, 6.45) is 4.80. The highest BCUT2D eigenvalue weighted by Crippen LogP contribution is 2.35. The number of amides is 1. The van der Waals surface area contributed by atoms with Gasteiger partial charge >= 0.3 is 0 Å². The molecule has 6 nitrogen and oxygen atoms in total. The number of aliphatic hydroxyl groups is 1. The first-order chi connectivity index (χ1) is 15.6. The fourth-order valence-corrected chi connectivity index (χ4v) is 5.15. The molecule has 1 fully saturated rings. The number of para-hydroxylation sites is 1. The number of aromatic nitrogens is 2. The van der Waals surface area contributed by atoms with Crippen LogP contribution in [-0.2, 0) is 0 Å².